The smallest absolute Gasteiger partial charge is 0.357 e. The first-order chi connectivity index (χ1) is 13.1. The maximum Gasteiger partial charge on any atom is 0.357 e. The van der Waals surface area contributed by atoms with Crippen LogP contribution in [0.15, 0.2) is 65.9 Å². The molecule has 0 aliphatic carbocycles. The van der Waals surface area contributed by atoms with E-state index in [2.05, 4.69) is 15.4 Å². The fourth-order valence-electron chi connectivity index (χ4n) is 2.82. The number of carboxylic acid groups (broad SMARTS) is 1. The number of rotatable bonds is 6. The number of hydrogen-bond acceptors (Lipinski definition) is 5. The van der Waals surface area contributed by atoms with E-state index in [1.54, 1.807) is 0 Å². The second-order valence-corrected chi connectivity index (χ2v) is 6.25. The maximum absolute atomic E-state index is 12.0. The fraction of sp³-hybridized carbons (Fsp3) is 0.238. The highest BCUT2D eigenvalue weighted by Gasteiger charge is 2.20. The monoisotopic (exact) mass is 365 g/mol. The number of para-hydroxylation sites is 1. The molecule has 2 aromatic carbocycles. The van der Waals surface area contributed by atoms with Gasteiger partial charge in [-0.2, -0.15) is 5.10 Å². The summed E-state index contributed by atoms with van der Waals surface area (Å²) in [7, 11) is 0. The van der Waals surface area contributed by atoms with E-state index in [1.165, 1.54) is 0 Å². The molecule has 6 nitrogen and oxygen atoms in total. The Morgan fingerprint density at radius 2 is 1.78 bits per heavy atom. The van der Waals surface area contributed by atoms with E-state index in [-0.39, 0.29) is 5.71 Å². The molecular weight excluding hydrogens is 342 g/mol. The molecule has 0 unspecified atom stereocenters. The normalized spacial score (nSPS) is 15.5. The van der Waals surface area contributed by atoms with Gasteiger partial charge in [0.15, 0.2) is 5.71 Å². The molecule has 0 atom stereocenters. The van der Waals surface area contributed by atoms with E-state index in [0.717, 1.165) is 16.8 Å². The van der Waals surface area contributed by atoms with E-state index in [0.29, 0.717) is 31.9 Å². The van der Waals surface area contributed by atoms with Gasteiger partial charge < -0.3 is 14.7 Å². The van der Waals surface area contributed by atoms with Gasteiger partial charge >= 0.3 is 5.97 Å². The van der Waals surface area contributed by atoms with Gasteiger partial charge in [0.25, 0.3) is 0 Å². The molecular formula is C21H23N3O3. The van der Waals surface area contributed by atoms with E-state index in [1.807, 2.05) is 67.7 Å². The summed E-state index contributed by atoms with van der Waals surface area (Å²) in [6, 6.07) is 17.1. The van der Waals surface area contributed by atoms with Crippen molar-refractivity contribution in [3.05, 3.63) is 71.9 Å². The number of anilines is 1. The predicted molar refractivity (Wildman–Crippen MR) is 107 cm³/mol. The van der Waals surface area contributed by atoms with E-state index in [4.69, 9.17) is 4.74 Å². The quantitative estimate of drug-likeness (QED) is 0.607. The molecule has 3 rings (SSSR count). The molecule has 2 N–H and O–H groups in total. The molecule has 140 valence electrons. The van der Waals surface area contributed by atoms with Crippen molar-refractivity contribution in [2.45, 2.75) is 6.92 Å². The third-order valence-corrected chi connectivity index (χ3v) is 4.33. The number of ether oxygens (including phenoxy) is 1. The van der Waals surface area contributed by atoms with Crippen LogP contribution in [0.4, 0.5) is 5.69 Å². The molecule has 0 spiro atoms. The summed E-state index contributed by atoms with van der Waals surface area (Å²) in [5.41, 5.74) is 6.00. The zero-order chi connectivity index (χ0) is 19.1. The molecule has 1 saturated heterocycles. The maximum atomic E-state index is 12.0. The van der Waals surface area contributed by atoms with Gasteiger partial charge in [-0.3, -0.25) is 5.43 Å². The molecule has 6 heteroatoms. The van der Waals surface area contributed by atoms with Crippen molar-refractivity contribution in [3.8, 4) is 0 Å². The lowest BCUT2D eigenvalue weighted by atomic mass is 10.0. The first-order valence-corrected chi connectivity index (χ1v) is 8.87. The first kappa shape index (κ1) is 18.7. The first-order valence-electron chi connectivity index (χ1n) is 8.87. The van der Waals surface area contributed by atoms with Crippen LogP contribution in [0, 0.1) is 6.92 Å². The van der Waals surface area contributed by atoms with Crippen LogP contribution in [0.1, 0.15) is 11.1 Å². The lowest BCUT2D eigenvalue weighted by Gasteiger charge is -2.26. The summed E-state index contributed by atoms with van der Waals surface area (Å²) in [4.78, 5) is 14.1. The van der Waals surface area contributed by atoms with E-state index >= 15 is 0 Å². The zero-order valence-corrected chi connectivity index (χ0v) is 15.3. The van der Waals surface area contributed by atoms with Gasteiger partial charge in [0.2, 0.25) is 0 Å². The van der Waals surface area contributed by atoms with Crippen molar-refractivity contribution >= 4 is 22.9 Å². The van der Waals surface area contributed by atoms with Crippen LogP contribution in [0.25, 0.3) is 5.57 Å². The molecule has 0 bridgehead atoms. The Labute approximate surface area is 158 Å². The Bertz CT molecular complexity index is 841. The van der Waals surface area contributed by atoms with Crippen LogP contribution in [0.3, 0.4) is 0 Å². The SMILES string of the molecule is Cc1ccccc1N/N=C(C(=O)O)/C(=C/N1CCOCC1)c1ccccc1. The molecule has 0 saturated carbocycles. The van der Waals surface area contributed by atoms with Crippen LogP contribution in [-0.4, -0.2) is 48.0 Å². The van der Waals surface area contributed by atoms with Crippen molar-refractivity contribution in [2.75, 3.05) is 31.7 Å². The molecule has 0 radical (unpaired) electrons. The summed E-state index contributed by atoms with van der Waals surface area (Å²) in [6.07, 6.45) is 1.87. The van der Waals surface area contributed by atoms with E-state index < -0.39 is 5.97 Å². The van der Waals surface area contributed by atoms with Crippen LogP contribution < -0.4 is 5.43 Å². The minimum absolute atomic E-state index is 0.0315. The fourth-order valence-corrected chi connectivity index (χ4v) is 2.82. The largest absolute Gasteiger partial charge is 0.476 e. The van der Waals surface area contributed by atoms with E-state index in [9.17, 15) is 9.90 Å². The Morgan fingerprint density at radius 3 is 2.44 bits per heavy atom. The second-order valence-electron chi connectivity index (χ2n) is 6.25. The number of carboxylic acids is 1. The van der Waals surface area contributed by atoms with Gasteiger partial charge in [0.1, 0.15) is 0 Å². The highest BCUT2D eigenvalue weighted by Crippen LogP contribution is 2.20. The number of nitrogens with zero attached hydrogens (tertiary/aromatic N) is 2. The Kier molecular flexibility index (Phi) is 6.22. The number of hydrazone groups is 1. The Morgan fingerprint density at radius 1 is 1.11 bits per heavy atom. The van der Waals surface area contributed by atoms with Crippen molar-refractivity contribution in [1.29, 1.82) is 0 Å². The van der Waals surface area contributed by atoms with Gasteiger partial charge in [0, 0.05) is 24.9 Å². The number of benzene rings is 2. The van der Waals surface area contributed by atoms with Crippen LogP contribution >= 0.6 is 0 Å². The van der Waals surface area contributed by atoms with Crippen molar-refractivity contribution in [3.63, 3.8) is 0 Å². The summed E-state index contributed by atoms with van der Waals surface area (Å²) in [6.45, 7) is 4.63. The van der Waals surface area contributed by atoms with Gasteiger partial charge in [-0.05, 0) is 24.1 Å². The second kappa shape index (κ2) is 9.00. The molecule has 1 aliphatic heterocycles. The molecule has 1 fully saturated rings. The number of hydrogen-bond donors (Lipinski definition) is 2. The van der Waals surface area contributed by atoms with Crippen molar-refractivity contribution in [2.24, 2.45) is 5.10 Å². The molecule has 1 heterocycles. The number of carbonyl (C=O) groups is 1. The standard InChI is InChI=1S/C21H23N3O3/c1-16-7-5-6-10-19(16)22-23-20(21(25)26)18(17-8-3-2-4-9-17)15-24-11-13-27-14-12-24/h2-10,15,22H,11-14H2,1H3,(H,25,26)/b18-15+,23-20-. The van der Waals surface area contributed by atoms with Crippen LogP contribution in [0.2, 0.25) is 0 Å². The highest BCUT2D eigenvalue weighted by molar-refractivity contribution is 6.53. The number of aryl methyl sites for hydroxylation is 1. The zero-order valence-electron chi connectivity index (χ0n) is 15.3. The number of aliphatic carboxylic acids is 1. The molecule has 0 amide bonds. The van der Waals surface area contributed by atoms with Gasteiger partial charge in [0.05, 0.1) is 18.9 Å². The van der Waals surface area contributed by atoms with Crippen LogP contribution in [-0.2, 0) is 9.53 Å². The molecule has 2 aromatic rings. The Hall–Kier alpha value is -3.12. The molecule has 0 aromatic heterocycles. The average Bonchev–Trinajstić information content (AvgIpc) is 2.70. The highest BCUT2D eigenvalue weighted by atomic mass is 16.5. The van der Waals surface area contributed by atoms with Gasteiger partial charge in [-0.25, -0.2) is 4.79 Å². The topological polar surface area (TPSA) is 74.2 Å². The minimum atomic E-state index is -1.08. The summed E-state index contributed by atoms with van der Waals surface area (Å²) in [5, 5.41) is 14.1. The molecule has 27 heavy (non-hydrogen) atoms. The molecule has 1 aliphatic rings. The lowest BCUT2D eigenvalue weighted by molar-refractivity contribution is -0.129. The van der Waals surface area contributed by atoms with Crippen LogP contribution in [0.5, 0.6) is 0 Å². The third kappa shape index (κ3) is 4.95. The van der Waals surface area contributed by atoms with Gasteiger partial charge in [-0.1, -0.05) is 48.5 Å². The summed E-state index contributed by atoms with van der Waals surface area (Å²) >= 11 is 0. The number of nitrogens with one attached hydrogen (secondary N) is 1. The minimum Gasteiger partial charge on any atom is -0.476 e. The Balaban J connectivity index is 1.98. The third-order valence-electron chi connectivity index (χ3n) is 4.33. The van der Waals surface area contributed by atoms with Crippen molar-refractivity contribution in [1.82, 2.24) is 4.90 Å². The average molecular weight is 365 g/mol. The lowest BCUT2D eigenvalue weighted by Crippen LogP contribution is -2.33. The van der Waals surface area contributed by atoms with Crippen molar-refractivity contribution < 1.29 is 14.6 Å². The van der Waals surface area contributed by atoms with Gasteiger partial charge in [-0.15, -0.1) is 0 Å². The summed E-state index contributed by atoms with van der Waals surface area (Å²) in [5.74, 6) is -1.08. The summed E-state index contributed by atoms with van der Waals surface area (Å²) < 4.78 is 5.38. The number of morpholine rings is 1. The predicted octanol–water partition coefficient (Wildman–Crippen LogP) is 3.22.